The summed E-state index contributed by atoms with van der Waals surface area (Å²) >= 11 is 0. The van der Waals surface area contributed by atoms with Crippen LogP contribution in [0.2, 0.25) is 0 Å². The van der Waals surface area contributed by atoms with Gasteiger partial charge in [-0.3, -0.25) is 4.79 Å². The van der Waals surface area contributed by atoms with Crippen molar-refractivity contribution in [3.05, 3.63) is 0 Å². The van der Waals surface area contributed by atoms with Crippen LogP contribution in [0, 0.1) is 0 Å². The molecule has 0 aromatic rings. The lowest BCUT2D eigenvalue weighted by Gasteiger charge is -2.40. The van der Waals surface area contributed by atoms with E-state index in [-0.39, 0.29) is 6.42 Å². The smallest absolute Gasteiger partial charge is 0.249 e. The summed E-state index contributed by atoms with van der Waals surface area (Å²) in [4.78, 5) is 13.1. The second-order valence-corrected chi connectivity index (χ2v) is 17.9. The zero-order valence-corrected chi connectivity index (χ0v) is 38.0. The van der Waals surface area contributed by atoms with E-state index in [0.29, 0.717) is 19.3 Å². The summed E-state index contributed by atoms with van der Waals surface area (Å²) in [6.45, 7) is 3.45. The molecule has 1 amide bonds. The molecule has 1 saturated heterocycles. The first-order valence-electron chi connectivity index (χ1n) is 24.9. The van der Waals surface area contributed by atoms with E-state index >= 15 is 0 Å². The summed E-state index contributed by atoms with van der Waals surface area (Å²) in [5, 5.41) is 75.7. The normalized spacial score (nSPS) is 21.7. The van der Waals surface area contributed by atoms with Crippen LogP contribution in [0.15, 0.2) is 0 Å². The largest absolute Gasteiger partial charge is 0.394 e. The van der Waals surface area contributed by atoms with Gasteiger partial charge < -0.3 is 50.5 Å². The zero-order chi connectivity index (χ0) is 43.4. The van der Waals surface area contributed by atoms with E-state index in [4.69, 9.17) is 9.47 Å². The van der Waals surface area contributed by atoms with Crippen LogP contribution >= 0.6 is 0 Å². The van der Waals surface area contributed by atoms with E-state index < -0.39 is 74.2 Å². The van der Waals surface area contributed by atoms with Crippen molar-refractivity contribution in [1.29, 1.82) is 0 Å². The van der Waals surface area contributed by atoms with E-state index in [0.717, 1.165) is 38.5 Å². The number of nitrogens with one attached hydrogen (secondary N) is 1. The second kappa shape index (κ2) is 38.8. The molecule has 9 atom stereocenters. The predicted molar refractivity (Wildman–Crippen MR) is 238 cm³/mol. The molecule has 0 radical (unpaired) electrons. The third kappa shape index (κ3) is 28.4. The molecule has 0 spiro atoms. The quantitative estimate of drug-likeness (QED) is 0.0276. The summed E-state index contributed by atoms with van der Waals surface area (Å²) in [7, 11) is 0. The Balaban J connectivity index is 2.37. The lowest BCUT2D eigenvalue weighted by Crippen LogP contribution is -2.60. The van der Waals surface area contributed by atoms with Crippen LogP contribution in [0.3, 0.4) is 0 Å². The SMILES string of the molecule is CCCCCCCCCCCCCCCCCCCCCCC(O)C(=O)N[C@H](CO[C@H]1O[C@H](CO)[C@H](O)[C@H](O)[C@H]1O)C(O)C(O)CCCCCCCCCCCCCC. The topological polar surface area (TPSA) is 189 Å². The lowest BCUT2D eigenvalue weighted by molar-refractivity contribution is -0.303. The number of amides is 1. The summed E-state index contributed by atoms with van der Waals surface area (Å²) in [5.41, 5.74) is 0. The fourth-order valence-corrected chi connectivity index (χ4v) is 8.27. The number of unbranched alkanes of at least 4 members (excludes halogenated alkanes) is 30. The van der Waals surface area contributed by atoms with Crippen molar-refractivity contribution in [2.75, 3.05) is 13.2 Å². The van der Waals surface area contributed by atoms with Crippen molar-refractivity contribution in [3.8, 4) is 0 Å². The van der Waals surface area contributed by atoms with Gasteiger partial charge >= 0.3 is 0 Å². The maximum Gasteiger partial charge on any atom is 0.249 e. The van der Waals surface area contributed by atoms with Crippen molar-refractivity contribution in [1.82, 2.24) is 5.32 Å². The Labute approximate surface area is 360 Å². The molecule has 1 aliphatic heterocycles. The average Bonchev–Trinajstić information content (AvgIpc) is 3.23. The molecular weight excluding hydrogens is 751 g/mol. The molecule has 0 aromatic heterocycles. The fourth-order valence-electron chi connectivity index (χ4n) is 8.27. The lowest BCUT2D eigenvalue weighted by atomic mass is 9.98. The molecule has 1 rings (SSSR count). The number of ether oxygens (including phenoxy) is 2. The van der Waals surface area contributed by atoms with Crippen LogP contribution < -0.4 is 5.32 Å². The van der Waals surface area contributed by atoms with Gasteiger partial charge in [0.2, 0.25) is 5.91 Å². The minimum Gasteiger partial charge on any atom is -0.394 e. The molecule has 0 aromatic carbocycles. The molecular formula is C48H95NO10. The van der Waals surface area contributed by atoms with Gasteiger partial charge in [-0.05, 0) is 12.8 Å². The van der Waals surface area contributed by atoms with Crippen molar-refractivity contribution in [3.63, 3.8) is 0 Å². The van der Waals surface area contributed by atoms with Gasteiger partial charge in [-0.15, -0.1) is 0 Å². The van der Waals surface area contributed by atoms with Crippen LogP contribution in [-0.4, -0.2) is 110 Å². The molecule has 3 unspecified atom stereocenters. The molecule has 1 heterocycles. The van der Waals surface area contributed by atoms with Gasteiger partial charge in [-0.2, -0.15) is 0 Å². The van der Waals surface area contributed by atoms with Crippen molar-refractivity contribution >= 4 is 5.91 Å². The number of carbonyl (C=O) groups is 1. The summed E-state index contributed by atoms with van der Waals surface area (Å²) < 4.78 is 11.1. The number of aliphatic hydroxyl groups is 7. The molecule has 11 heteroatoms. The number of hydrogen-bond acceptors (Lipinski definition) is 10. The summed E-state index contributed by atoms with van der Waals surface area (Å²) in [6.07, 6.45) is 28.7. The van der Waals surface area contributed by atoms with Crippen LogP contribution in [-0.2, 0) is 14.3 Å². The highest BCUT2D eigenvalue weighted by Crippen LogP contribution is 2.23. The van der Waals surface area contributed by atoms with Crippen LogP contribution in [0.1, 0.15) is 232 Å². The van der Waals surface area contributed by atoms with E-state index in [1.165, 1.54) is 154 Å². The van der Waals surface area contributed by atoms with Crippen molar-refractivity contribution < 1.29 is 50.0 Å². The fraction of sp³-hybridized carbons (Fsp3) is 0.979. The Bertz CT molecular complexity index is 928. The van der Waals surface area contributed by atoms with Crippen molar-refractivity contribution in [2.45, 2.75) is 287 Å². The maximum absolute atomic E-state index is 13.1. The highest BCUT2D eigenvalue weighted by Gasteiger charge is 2.44. The Morgan fingerprint density at radius 2 is 0.881 bits per heavy atom. The van der Waals surface area contributed by atoms with Gasteiger partial charge in [-0.1, -0.05) is 219 Å². The van der Waals surface area contributed by atoms with Crippen LogP contribution in [0.4, 0.5) is 0 Å². The van der Waals surface area contributed by atoms with Crippen molar-refractivity contribution in [2.24, 2.45) is 0 Å². The molecule has 1 aliphatic rings. The molecule has 0 bridgehead atoms. The van der Waals surface area contributed by atoms with Crippen LogP contribution in [0.25, 0.3) is 0 Å². The van der Waals surface area contributed by atoms with Gasteiger partial charge in [0.1, 0.15) is 36.6 Å². The predicted octanol–water partition coefficient (Wildman–Crippen LogP) is 8.67. The zero-order valence-electron chi connectivity index (χ0n) is 38.0. The summed E-state index contributed by atoms with van der Waals surface area (Å²) in [5.74, 6) is -0.693. The number of hydrogen-bond donors (Lipinski definition) is 8. The molecule has 1 fully saturated rings. The third-order valence-electron chi connectivity index (χ3n) is 12.4. The monoisotopic (exact) mass is 846 g/mol. The highest BCUT2D eigenvalue weighted by atomic mass is 16.7. The Morgan fingerprint density at radius 3 is 1.25 bits per heavy atom. The number of aliphatic hydroxyl groups excluding tert-OH is 7. The first-order valence-corrected chi connectivity index (χ1v) is 24.9. The minimum absolute atomic E-state index is 0.266. The molecule has 0 aliphatic carbocycles. The Hall–Kier alpha value is -0.890. The van der Waals surface area contributed by atoms with E-state index in [2.05, 4.69) is 19.2 Å². The molecule has 59 heavy (non-hydrogen) atoms. The first-order chi connectivity index (χ1) is 28.7. The average molecular weight is 846 g/mol. The summed E-state index contributed by atoms with van der Waals surface area (Å²) in [6, 6.07) is -1.16. The standard InChI is InChI=1S/C48H95NO10/c1-3-5-7-9-11-13-15-17-18-19-20-21-22-23-24-26-28-30-32-34-36-41(52)47(57)49-39(38-58-48-46(56)45(55)44(54)42(37-50)59-48)43(53)40(51)35-33-31-29-27-25-16-14-12-10-8-6-4-2/h39-46,48,50-56H,3-38H2,1-2H3,(H,49,57)/t39-,40?,41?,42-,43?,44+,45+,46-,48+/m1/s1. The van der Waals surface area contributed by atoms with Gasteiger partial charge in [0, 0.05) is 0 Å². The Morgan fingerprint density at radius 1 is 0.525 bits per heavy atom. The van der Waals surface area contributed by atoms with E-state index in [1.54, 1.807) is 0 Å². The second-order valence-electron chi connectivity index (χ2n) is 17.9. The van der Waals surface area contributed by atoms with E-state index in [9.17, 15) is 40.5 Å². The Kier molecular flexibility index (Phi) is 36.9. The van der Waals surface area contributed by atoms with Gasteiger partial charge in [0.25, 0.3) is 0 Å². The van der Waals surface area contributed by atoms with Gasteiger partial charge in [-0.25, -0.2) is 0 Å². The molecule has 0 saturated carbocycles. The van der Waals surface area contributed by atoms with Gasteiger partial charge in [0.15, 0.2) is 6.29 Å². The third-order valence-corrected chi connectivity index (χ3v) is 12.4. The molecule has 11 nitrogen and oxygen atoms in total. The first kappa shape index (κ1) is 56.1. The molecule has 8 N–H and O–H groups in total. The van der Waals surface area contributed by atoms with Crippen LogP contribution in [0.5, 0.6) is 0 Å². The molecule has 352 valence electrons. The van der Waals surface area contributed by atoms with E-state index in [1.807, 2.05) is 0 Å². The number of carbonyl (C=O) groups excluding carboxylic acids is 1. The minimum atomic E-state index is -1.66. The maximum atomic E-state index is 13.1. The van der Waals surface area contributed by atoms with Gasteiger partial charge in [0.05, 0.1) is 25.4 Å². The number of rotatable bonds is 42. The highest BCUT2D eigenvalue weighted by molar-refractivity contribution is 5.80.